The van der Waals surface area contributed by atoms with Gasteiger partial charge in [0, 0.05) is 11.1 Å². The van der Waals surface area contributed by atoms with Crippen molar-refractivity contribution in [3.8, 4) is 0 Å². The quantitative estimate of drug-likeness (QED) is 0.926. The van der Waals surface area contributed by atoms with Gasteiger partial charge in [0.05, 0.1) is 11.8 Å². The fourth-order valence-electron chi connectivity index (χ4n) is 3.21. The van der Waals surface area contributed by atoms with Crippen LogP contribution in [0.1, 0.15) is 39.6 Å². The summed E-state index contributed by atoms with van der Waals surface area (Å²) in [6.07, 6.45) is 0.771. The molecule has 4 nitrogen and oxygen atoms in total. The first-order chi connectivity index (χ1) is 11.7. The van der Waals surface area contributed by atoms with E-state index in [0.29, 0.717) is 16.8 Å². The van der Waals surface area contributed by atoms with Crippen molar-refractivity contribution in [3.63, 3.8) is 0 Å². The summed E-state index contributed by atoms with van der Waals surface area (Å²) in [4.78, 5) is 30.2. The Kier molecular flexibility index (Phi) is 3.38. The van der Waals surface area contributed by atoms with E-state index in [4.69, 9.17) is 0 Å². The lowest BCUT2D eigenvalue weighted by Crippen LogP contribution is -2.44. The van der Waals surface area contributed by atoms with Crippen molar-refractivity contribution in [1.82, 2.24) is 5.32 Å². The second-order valence-electron chi connectivity index (χ2n) is 5.90. The summed E-state index contributed by atoms with van der Waals surface area (Å²) in [6.45, 7) is 2.03. The monoisotopic (exact) mass is 316 g/mol. The van der Waals surface area contributed by atoms with Crippen LogP contribution < -0.4 is 5.32 Å². The number of nitrogens with one attached hydrogen (secondary N) is 1. The molecule has 0 aromatic heterocycles. The van der Waals surface area contributed by atoms with E-state index in [2.05, 4.69) is 10.3 Å². The van der Waals surface area contributed by atoms with Crippen LogP contribution in [-0.2, 0) is 0 Å². The summed E-state index contributed by atoms with van der Waals surface area (Å²) in [5, 5.41) is 3.25. The molecule has 2 aromatic rings. The molecule has 0 bridgehead atoms. The molecule has 0 amide bonds. The Morgan fingerprint density at radius 2 is 1.54 bits per heavy atom. The number of fused-ring (bicyclic) bond motifs is 1. The molecule has 118 valence electrons. The largest absolute Gasteiger partial charge is 0.372 e. The fraction of sp³-hybridized carbons (Fsp3) is 0.150. The first-order valence-corrected chi connectivity index (χ1v) is 8.04. The highest BCUT2D eigenvalue weighted by Gasteiger charge is 2.37. The van der Waals surface area contributed by atoms with E-state index < -0.39 is 0 Å². The van der Waals surface area contributed by atoms with Crippen molar-refractivity contribution in [2.75, 3.05) is 0 Å². The Labute approximate surface area is 139 Å². The van der Waals surface area contributed by atoms with Crippen molar-refractivity contribution in [2.45, 2.75) is 19.4 Å². The van der Waals surface area contributed by atoms with Gasteiger partial charge < -0.3 is 5.32 Å². The maximum atomic E-state index is 12.8. The maximum Gasteiger partial charge on any atom is 0.214 e. The number of carbonyl (C=O) groups excluding carboxylic acids is 2. The normalized spacial score (nSPS) is 19.4. The lowest BCUT2D eigenvalue weighted by Gasteiger charge is -2.30. The maximum absolute atomic E-state index is 12.8. The molecule has 0 spiro atoms. The summed E-state index contributed by atoms with van der Waals surface area (Å²) in [7, 11) is 0. The van der Waals surface area contributed by atoms with E-state index in [1.54, 1.807) is 24.3 Å². The van der Waals surface area contributed by atoms with Gasteiger partial charge in [-0.1, -0.05) is 61.5 Å². The Morgan fingerprint density at radius 3 is 2.21 bits per heavy atom. The van der Waals surface area contributed by atoms with Crippen molar-refractivity contribution in [2.24, 2.45) is 4.99 Å². The van der Waals surface area contributed by atoms with E-state index in [1.807, 2.05) is 37.3 Å². The Hall–Kier alpha value is -3.01. The number of benzene rings is 2. The van der Waals surface area contributed by atoms with Crippen molar-refractivity contribution in [3.05, 3.63) is 82.7 Å². The molecule has 0 saturated carbocycles. The van der Waals surface area contributed by atoms with Gasteiger partial charge in [-0.2, -0.15) is 0 Å². The lowest BCUT2D eigenvalue weighted by atomic mass is 9.87. The number of ketones is 2. The zero-order chi connectivity index (χ0) is 16.7. The highest BCUT2D eigenvalue weighted by atomic mass is 16.1. The minimum atomic E-state index is -0.198. The van der Waals surface area contributed by atoms with E-state index in [9.17, 15) is 9.59 Å². The molecule has 2 aromatic carbocycles. The molecule has 1 aliphatic carbocycles. The van der Waals surface area contributed by atoms with Gasteiger partial charge in [0.1, 0.15) is 11.4 Å². The summed E-state index contributed by atoms with van der Waals surface area (Å²) in [5.41, 5.74) is 3.18. The van der Waals surface area contributed by atoms with E-state index in [0.717, 1.165) is 17.7 Å². The van der Waals surface area contributed by atoms with Gasteiger partial charge in [-0.25, -0.2) is 4.99 Å². The predicted octanol–water partition coefficient (Wildman–Crippen LogP) is 3.15. The van der Waals surface area contributed by atoms with Crippen LogP contribution in [0.25, 0.3) is 0 Å². The van der Waals surface area contributed by atoms with Gasteiger partial charge in [-0.15, -0.1) is 0 Å². The third kappa shape index (κ3) is 2.11. The molecular weight excluding hydrogens is 300 g/mol. The zero-order valence-corrected chi connectivity index (χ0v) is 13.2. The first kappa shape index (κ1) is 14.6. The molecule has 24 heavy (non-hydrogen) atoms. The van der Waals surface area contributed by atoms with Gasteiger partial charge in [0.15, 0.2) is 0 Å². The van der Waals surface area contributed by atoms with E-state index in [-0.39, 0.29) is 23.3 Å². The number of hydrogen-bond acceptors (Lipinski definition) is 4. The molecule has 4 heteroatoms. The minimum absolute atomic E-state index is 0.0897. The Bertz CT molecular complexity index is 910. The Morgan fingerprint density at radius 1 is 0.917 bits per heavy atom. The van der Waals surface area contributed by atoms with Gasteiger partial charge >= 0.3 is 0 Å². The zero-order valence-electron chi connectivity index (χ0n) is 13.2. The van der Waals surface area contributed by atoms with Crippen LogP contribution in [0.3, 0.4) is 0 Å². The van der Waals surface area contributed by atoms with Crippen LogP contribution >= 0.6 is 0 Å². The molecule has 0 fully saturated rings. The number of carbonyl (C=O) groups is 2. The summed E-state index contributed by atoms with van der Waals surface area (Å²) in [5.74, 6) is -0.356. The summed E-state index contributed by atoms with van der Waals surface area (Å²) < 4.78 is 0. The van der Waals surface area contributed by atoms with E-state index in [1.165, 1.54) is 0 Å². The van der Waals surface area contributed by atoms with Gasteiger partial charge in [-0.05, 0) is 12.0 Å². The average molecular weight is 316 g/mol. The van der Waals surface area contributed by atoms with Crippen LogP contribution in [0.5, 0.6) is 0 Å². The van der Waals surface area contributed by atoms with Crippen LogP contribution in [-0.4, -0.2) is 23.3 Å². The van der Waals surface area contributed by atoms with Crippen LogP contribution in [0.2, 0.25) is 0 Å². The van der Waals surface area contributed by atoms with Crippen molar-refractivity contribution >= 4 is 17.3 Å². The highest BCUT2D eigenvalue weighted by Crippen LogP contribution is 2.29. The van der Waals surface area contributed by atoms with E-state index >= 15 is 0 Å². The van der Waals surface area contributed by atoms with Gasteiger partial charge in [0.2, 0.25) is 11.6 Å². The van der Waals surface area contributed by atoms with Crippen LogP contribution in [0, 0.1) is 0 Å². The number of hydrogen-bond donors (Lipinski definition) is 1. The highest BCUT2D eigenvalue weighted by molar-refractivity contribution is 6.28. The third-order valence-electron chi connectivity index (χ3n) is 4.45. The lowest BCUT2D eigenvalue weighted by molar-refractivity contribution is 0.0965. The number of rotatable bonds is 2. The second kappa shape index (κ2) is 5.57. The summed E-state index contributed by atoms with van der Waals surface area (Å²) >= 11 is 0. The average Bonchev–Trinajstić information content (AvgIpc) is 2.65. The third-order valence-corrected chi connectivity index (χ3v) is 4.45. The predicted molar refractivity (Wildman–Crippen MR) is 92.3 cm³/mol. The molecule has 4 rings (SSSR count). The SMILES string of the molecule is CCC1NC2=C(N=C1c1ccccc1)C(=O)c1ccccc1C2=O. The standard InChI is InChI=1S/C20H16N2O2/c1-2-15-16(12-8-4-3-5-9-12)22-18-17(21-15)19(23)13-10-6-7-11-14(13)20(18)24/h3-11,15,21H,2H2,1H3. The van der Waals surface area contributed by atoms with Gasteiger partial charge in [0.25, 0.3) is 0 Å². The van der Waals surface area contributed by atoms with Crippen molar-refractivity contribution in [1.29, 1.82) is 0 Å². The smallest absolute Gasteiger partial charge is 0.214 e. The Balaban J connectivity index is 1.88. The number of aliphatic imine (C=N–C) groups is 1. The second-order valence-corrected chi connectivity index (χ2v) is 5.90. The first-order valence-electron chi connectivity index (χ1n) is 8.04. The van der Waals surface area contributed by atoms with Crippen LogP contribution in [0.4, 0.5) is 0 Å². The van der Waals surface area contributed by atoms with Gasteiger partial charge in [-0.3, -0.25) is 9.59 Å². The molecular formula is C20H16N2O2. The summed E-state index contributed by atoms with van der Waals surface area (Å²) in [6, 6.07) is 16.6. The fourth-order valence-corrected chi connectivity index (χ4v) is 3.21. The number of Topliss-reactive ketones (excluding diaryl/α,β-unsaturated/α-hetero) is 2. The number of nitrogens with zero attached hydrogens (tertiary/aromatic N) is 1. The molecule has 1 atom stereocenters. The topological polar surface area (TPSA) is 58.5 Å². The molecule has 1 heterocycles. The van der Waals surface area contributed by atoms with Crippen molar-refractivity contribution < 1.29 is 9.59 Å². The molecule has 1 N–H and O–H groups in total. The molecule has 0 radical (unpaired) electrons. The molecule has 1 unspecified atom stereocenters. The van der Waals surface area contributed by atoms with Crippen LogP contribution in [0.15, 0.2) is 71.0 Å². The molecule has 2 aliphatic rings. The number of allylic oxidation sites excluding steroid dienone is 2. The molecule has 0 saturated heterocycles. The molecule has 1 aliphatic heterocycles. The minimum Gasteiger partial charge on any atom is -0.372 e.